The van der Waals surface area contributed by atoms with Gasteiger partial charge in [0.25, 0.3) is 0 Å². The summed E-state index contributed by atoms with van der Waals surface area (Å²) in [5.41, 5.74) is -0.600. The Labute approximate surface area is 113 Å². The van der Waals surface area contributed by atoms with Crippen LogP contribution >= 0.6 is 15.9 Å². The van der Waals surface area contributed by atoms with E-state index in [1.165, 1.54) is 0 Å². The van der Waals surface area contributed by atoms with Crippen LogP contribution in [0.1, 0.15) is 26.3 Å². The quantitative estimate of drug-likeness (QED) is 0.606. The Kier molecular flexibility index (Phi) is 4.59. The molecule has 0 aliphatic carbocycles. The third-order valence-electron chi connectivity index (χ3n) is 2.51. The minimum absolute atomic E-state index is 0.0147. The van der Waals surface area contributed by atoms with E-state index in [1.54, 1.807) is 20.8 Å². The molecule has 1 rings (SSSR count). The zero-order valence-electron chi connectivity index (χ0n) is 10.4. The van der Waals surface area contributed by atoms with Crippen LogP contribution in [-0.2, 0) is 11.2 Å². The molecule has 0 saturated carbocycles. The van der Waals surface area contributed by atoms with Crippen molar-refractivity contribution in [1.29, 1.82) is 0 Å². The van der Waals surface area contributed by atoms with Crippen molar-refractivity contribution in [2.24, 2.45) is 5.41 Å². The second kappa shape index (κ2) is 5.43. The molecule has 0 aliphatic heterocycles. The standard InChI is InChI=1S/C13H14BrF3O/c1-13(2,3)12(18)8(14)4-7-5-10(16)11(17)6-9(7)15/h5-6,8H,4H2,1-3H3. The molecule has 5 heteroatoms. The van der Waals surface area contributed by atoms with E-state index in [2.05, 4.69) is 15.9 Å². The zero-order valence-corrected chi connectivity index (χ0v) is 11.9. The number of Topliss-reactive ketones (excluding diaryl/α,β-unsaturated/α-hetero) is 1. The molecule has 1 aromatic carbocycles. The van der Waals surface area contributed by atoms with Crippen LogP contribution in [-0.4, -0.2) is 10.6 Å². The molecule has 100 valence electrons. The Hall–Kier alpha value is -0.840. The SMILES string of the molecule is CC(C)(C)C(=O)C(Br)Cc1cc(F)c(F)cc1F. The summed E-state index contributed by atoms with van der Waals surface area (Å²) in [7, 11) is 0. The van der Waals surface area contributed by atoms with Crippen molar-refractivity contribution in [3.8, 4) is 0 Å². The van der Waals surface area contributed by atoms with Gasteiger partial charge in [-0.05, 0) is 18.1 Å². The van der Waals surface area contributed by atoms with Gasteiger partial charge in [0.05, 0.1) is 4.83 Å². The van der Waals surface area contributed by atoms with Gasteiger partial charge in [-0.2, -0.15) is 0 Å². The van der Waals surface area contributed by atoms with Crippen LogP contribution in [0.25, 0.3) is 0 Å². The smallest absolute Gasteiger partial charge is 0.161 e. The Morgan fingerprint density at radius 1 is 1.17 bits per heavy atom. The molecule has 0 aromatic heterocycles. The minimum atomic E-state index is -1.23. The number of rotatable bonds is 3. The molecular formula is C13H14BrF3O. The lowest BCUT2D eigenvalue weighted by molar-refractivity contribution is -0.125. The van der Waals surface area contributed by atoms with Crippen LogP contribution in [0.4, 0.5) is 13.2 Å². The number of hydrogen-bond acceptors (Lipinski definition) is 1. The Balaban J connectivity index is 2.92. The highest BCUT2D eigenvalue weighted by Gasteiger charge is 2.28. The average Bonchev–Trinajstić information content (AvgIpc) is 2.23. The highest BCUT2D eigenvalue weighted by atomic mass is 79.9. The van der Waals surface area contributed by atoms with Gasteiger partial charge in [0.2, 0.25) is 0 Å². The fraction of sp³-hybridized carbons (Fsp3) is 0.462. The van der Waals surface area contributed by atoms with Crippen LogP contribution in [0.15, 0.2) is 12.1 Å². The summed E-state index contributed by atoms with van der Waals surface area (Å²) < 4.78 is 39.2. The van der Waals surface area contributed by atoms with E-state index in [-0.39, 0.29) is 17.8 Å². The summed E-state index contributed by atoms with van der Waals surface area (Å²) >= 11 is 3.16. The monoisotopic (exact) mass is 322 g/mol. The molecule has 1 aromatic rings. The predicted molar refractivity (Wildman–Crippen MR) is 67.2 cm³/mol. The number of ketones is 1. The molecule has 0 amide bonds. The van der Waals surface area contributed by atoms with Crippen LogP contribution in [0, 0.1) is 22.9 Å². The molecule has 1 atom stereocenters. The van der Waals surface area contributed by atoms with Crippen LogP contribution in [0.3, 0.4) is 0 Å². The van der Waals surface area contributed by atoms with Crippen molar-refractivity contribution in [1.82, 2.24) is 0 Å². The van der Waals surface area contributed by atoms with E-state index < -0.39 is 27.7 Å². The van der Waals surface area contributed by atoms with Gasteiger partial charge in [0.15, 0.2) is 17.4 Å². The van der Waals surface area contributed by atoms with Crippen molar-refractivity contribution in [2.45, 2.75) is 32.0 Å². The van der Waals surface area contributed by atoms with E-state index in [0.717, 1.165) is 6.07 Å². The molecule has 0 saturated heterocycles. The number of hydrogen-bond donors (Lipinski definition) is 0. The van der Waals surface area contributed by atoms with E-state index in [9.17, 15) is 18.0 Å². The third kappa shape index (κ3) is 3.57. The third-order valence-corrected chi connectivity index (χ3v) is 3.25. The van der Waals surface area contributed by atoms with Gasteiger partial charge >= 0.3 is 0 Å². The largest absolute Gasteiger partial charge is 0.298 e. The van der Waals surface area contributed by atoms with Gasteiger partial charge in [0.1, 0.15) is 5.82 Å². The summed E-state index contributed by atoms with van der Waals surface area (Å²) in [6.45, 7) is 5.22. The summed E-state index contributed by atoms with van der Waals surface area (Å²) in [4.78, 5) is 11.3. The van der Waals surface area contributed by atoms with Crippen LogP contribution in [0.5, 0.6) is 0 Å². The Bertz CT molecular complexity index is 466. The maximum Gasteiger partial charge on any atom is 0.161 e. The van der Waals surface area contributed by atoms with E-state index in [4.69, 9.17) is 0 Å². The molecule has 1 unspecified atom stereocenters. The maximum atomic E-state index is 13.4. The highest BCUT2D eigenvalue weighted by molar-refractivity contribution is 9.10. The zero-order chi connectivity index (χ0) is 14.1. The summed E-state index contributed by atoms with van der Waals surface area (Å²) in [6, 6.07) is 1.28. The number of carbonyl (C=O) groups is 1. The number of alkyl halides is 1. The molecule has 1 nitrogen and oxygen atoms in total. The van der Waals surface area contributed by atoms with Crippen molar-refractivity contribution < 1.29 is 18.0 Å². The Morgan fingerprint density at radius 3 is 2.17 bits per heavy atom. The van der Waals surface area contributed by atoms with E-state index in [1.807, 2.05) is 0 Å². The van der Waals surface area contributed by atoms with Gasteiger partial charge in [-0.25, -0.2) is 13.2 Å². The molecule has 0 heterocycles. The lowest BCUT2D eigenvalue weighted by Gasteiger charge is -2.20. The maximum absolute atomic E-state index is 13.4. The predicted octanol–water partition coefficient (Wildman–Crippen LogP) is 4.03. The second-order valence-corrected chi connectivity index (χ2v) is 6.25. The minimum Gasteiger partial charge on any atom is -0.298 e. The fourth-order valence-corrected chi connectivity index (χ4v) is 2.51. The van der Waals surface area contributed by atoms with E-state index >= 15 is 0 Å². The second-order valence-electron chi connectivity index (χ2n) is 5.14. The van der Waals surface area contributed by atoms with Crippen molar-refractivity contribution in [2.75, 3.05) is 0 Å². The molecule has 0 fully saturated rings. The summed E-state index contributed by atoms with van der Waals surface area (Å²) in [5.74, 6) is -3.31. The molecule has 0 N–H and O–H groups in total. The number of carbonyl (C=O) groups excluding carboxylic acids is 1. The molecular weight excluding hydrogens is 309 g/mol. The highest BCUT2D eigenvalue weighted by Crippen LogP contribution is 2.24. The van der Waals surface area contributed by atoms with Gasteiger partial charge in [0, 0.05) is 11.5 Å². The van der Waals surface area contributed by atoms with Crippen LogP contribution in [0.2, 0.25) is 0 Å². The molecule has 0 bridgehead atoms. The van der Waals surface area contributed by atoms with Crippen molar-refractivity contribution in [3.05, 3.63) is 35.1 Å². The molecule has 0 aliphatic rings. The van der Waals surface area contributed by atoms with Crippen molar-refractivity contribution in [3.63, 3.8) is 0 Å². The van der Waals surface area contributed by atoms with Gasteiger partial charge < -0.3 is 0 Å². The average molecular weight is 323 g/mol. The van der Waals surface area contributed by atoms with Crippen LogP contribution < -0.4 is 0 Å². The Morgan fingerprint density at radius 2 is 1.67 bits per heavy atom. The fourth-order valence-electron chi connectivity index (χ4n) is 1.48. The lowest BCUT2D eigenvalue weighted by atomic mass is 9.87. The van der Waals surface area contributed by atoms with E-state index in [0.29, 0.717) is 6.07 Å². The molecule has 0 radical (unpaired) electrons. The summed E-state index contributed by atoms with van der Waals surface area (Å²) in [6.07, 6.45) is -0.0147. The number of benzene rings is 1. The van der Waals surface area contributed by atoms with Gasteiger partial charge in [-0.1, -0.05) is 36.7 Å². The van der Waals surface area contributed by atoms with Gasteiger partial charge in [-0.15, -0.1) is 0 Å². The molecule has 0 spiro atoms. The lowest BCUT2D eigenvalue weighted by Crippen LogP contribution is -2.30. The first kappa shape index (κ1) is 15.2. The normalized spacial score (nSPS) is 13.5. The first-order valence-electron chi connectivity index (χ1n) is 5.44. The molecule has 18 heavy (non-hydrogen) atoms. The first-order valence-corrected chi connectivity index (χ1v) is 6.36. The summed E-state index contributed by atoms with van der Waals surface area (Å²) in [5, 5.41) is 0. The first-order chi connectivity index (χ1) is 8.12. The number of halogens is 4. The van der Waals surface area contributed by atoms with Gasteiger partial charge in [-0.3, -0.25) is 4.79 Å². The van der Waals surface area contributed by atoms with Crippen molar-refractivity contribution >= 4 is 21.7 Å². The topological polar surface area (TPSA) is 17.1 Å².